The summed E-state index contributed by atoms with van der Waals surface area (Å²) in [5.41, 5.74) is 3.49. The summed E-state index contributed by atoms with van der Waals surface area (Å²) in [7, 11) is -8.95. The maximum atomic E-state index is 14.0. The van der Waals surface area contributed by atoms with Crippen molar-refractivity contribution in [3.05, 3.63) is 108 Å². The number of ether oxygens (including phenoxy) is 1. The highest BCUT2D eigenvalue weighted by molar-refractivity contribution is 6.90. The van der Waals surface area contributed by atoms with Gasteiger partial charge in [0.2, 0.25) is 0 Å². The first kappa shape index (κ1) is 55.0. The molecule has 0 saturated carbocycles. The van der Waals surface area contributed by atoms with Gasteiger partial charge < -0.3 is 17.1 Å². The van der Waals surface area contributed by atoms with Gasteiger partial charge in [0, 0.05) is 11.5 Å². The van der Waals surface area contributed by atoms with Crippen molar-refractivity contribution in [2.45, 2.75) is 165 Å². The van der Waals surface area contributed by atoms with Crippen LogP contribution in [0.5, 0.6) is 0 Å². The zero-order valence-corrected chi connectivity index (χ0v) is 37.7. The maximum Gasteiger partial charge on any atom is 0.469 e. The molecular formula is C46H84O5Si4. The third-order valence-corrected chi connectivity index (χ3v) is 21.0. The second kappa shape index (κ2) is 24.6. The highest BCUT2D eigenvalue weighted by Crippen LogP contribution is 2.47. The zero-order valence-electron chi connectivity index (χ0n) is 33.7. The molecule has 0 saturated heterocycles. The molecule has 3 rings (SSSR count). The van der Waals surface area contributed by atoms with Crippen LogP contribution in [-0.4, -0.2) is 46.3 Å². The molecule has 2 unspecified atom stereocenters. The molecule has 0 aliphatic carbocycles. The maximum absolute atomic E-state index is 14.0. The van der Waals surface area contributed by atoms with Crippen molar-refractivity contribution in [1.82, 2.24) is 0 Å². The van der Waals surface area contributed by atoms with Gasteiger partial charge in [-0.15, -0.1) is 0 Å². The van der Waals surface area contributed by atoms with Gasteiger partial charge in [0.05, 0.1) is 12.5 Å². The lowest BCUT2D eigenvalue weighted by atomic mass is 9.63. The van der Waals surface area contributed by atoms with Gasteiger partial charge in [-0.05, 0) is 107 Å². The van der Waals surface area contributed by atoms with Crippen molar-refractivity contribution in [2.75, 3.05) is 6.61 Å². The summed E-state index contributed by atoms with van der Waals surface area (Å²) in [6.07, 6.45) is 6.93. The van der Waals surface area contributed by atoms with E-state index in [1.807, 2.05) is 6.92 Å². The zero-order chi connectivity index (χ0) is 37.8. The topological polar surface area (TPSA) is 54.0 Å². The van der Waals surface area contributed by atoms with E-state index in [-0.39, 0.29) is 47.0 Å². The van der Waals surface area contributed by atoms with E-state index in [0.717, 1.165) is 12.8 Å². The first-order valence-corrected chi connectivity index (χ1v) is 31.5. The standard InChI is InChI=1S/C42H68O5Si4.4CH4/c1-12-13-17-27-38(37-25-18-14-19-26-37)35-42(39-28-20-15-21-29-39,40-30-22-16-23-31-40)34-36(2)41(43)44-32-24-33-51(45-48(3,4)5,46-49(6,7)8)47-50(9,10)11;;;;/h14-16,18-23,25-26,28-31,36,38H,12-13,17,24,27,32-35H2,1-11H3;4*1H4. The Balaban J connectivity index is 0. The molecule has 0 bridgehead atoms. The summed E-state index contributed by atoms with van der Waals surface area (Å²) in [6.45, 7) is 24.5. The van der Waals surface area contributed by atoms with Gasteiger partial charge in [-0.25, -0.2) is 0 Å². The number of hydrogen-bond acceptors (Lipinski definition) is 5. The van der Waals surface area contributed by atoms with Gasteiger partial charge in [-0.1, -0.05) is 154 Å². The Morgan fingerprint density at radius 2 is 1.02 bits per heavy atom. The van der Waals surface area contributed by atoms with Crippen molar-refractivity contribution in [1.29, 1.82) is 0 Å². The summed E-state index contributed by atoms with van der Waals surface area (Å²) in [5.74, 6) is -0.109. The number of unbranched alkanes of at least 4 members (excludes halogenated alkanes) is 2. The van der Waals surface area contributed by atoms with Crippen molar-refractivity contribution in [3.63, 3.8) is 0 Å². The molecule has 2 atom stereocenters. The predicted octanol–water partition coefficient (Wildman–Crippen LogP) is 14.7. The SMILES string of the molecule is C.C.C.C.CCCCCC(CC(CC(C)C(=O)OCCC[Si](O[Si](C)(C)C)(O[Si](C)(C)C)O[Si](C)(C)C)(c1ccccc1)c1ccccc1)c1ccccc1. The van der Waals surface area contributed by atoms with Crippen molar-refractivity contribution >= 4 is 39.7 Å². The highest BCUT2D eigenvalue weighted by atomic mass is 28.5. The first-order chi connectivity index (χ1) is 23.9. The van der Waals surface area contributed by atoms with E-state index in [4.69, 9.17) is 17.1 Å². The van der Waals surface area contributed by atoms with Crippen LogP contribution < -0.4 is 0 Å². The molecular weight excluding hydrogens is 745 g/mol. The van der Waals surface area contributed by atoms with E-state index >= 15 is 0 Å². The molecule has 0 aromatic heterocycles. The van der Waals surface area contributed by atoms with Gasteiger partial charge in [0.1, 0.15) is 0 Å². The van der Waals surface area contributed by atoms with Gasteiger partial charge in [-0.2, -0.15) is 0 Å². The van der Waals surface area contributed by atoms with E-state index in [1.165, 1.54) is 36.0 Å². The second-order valence-corrected chi connectivity index (χ2v) is 34.3. The van der Waals surface area contributed by atoms with E-state index in [0.29, 0.717) is 31.4 Å². The summed E-state index contributed by atoms with van der Waals surface area (Å²) in [6, 6.07) is 33.3. The smallest absolute Gasteiger partial charge is 0.465 e. The van der Waals surface area contributed by atoms with Crippen LogP contribution in [0, 0.1) is 5.92 Å². The highest BCUT2D eigenvalue weighted by Gasteiger charge is 2.49. The van der Waals surface area contributed by atoms with Crippen LogP contribution in [-0.2, 0) is 27.3 Å². The fourth-order valence-corrected chi connectivity index (χ4v) is 21.9. The normalized spacial score (nSPS) is 13.2. The molecule has 3 aromatic carbocycles. The fraction of sp³-hybridized carbons (Fsp3) is 0.587. The summed E-state index contributed by atoms with van der Waals surface area (Å²) in [5, 5.41) is 0. The van der Waals surface area contributed by atoms with Crippen molar-refractivity contribution in [3.8, 4) is 0 Å². The summed E-state index contributed by atoms with van der Waals surface area (Å²) < 4.78 is 26.7. The fourth-order valence-electron chi connectivity index (χ4n) is 7.23. The monoisotopic (exact) mass is 829 g/mol. The Bertz CT molecular complexity index is 1350. The summed E-state index contributed by atoms with van der Waals surface area (Å²) in [4.78, 5) is 14.0. The molecule has 55 heavy (non-hydrogen) atoms. The van der Waals surface area contributed by atoms with Crippen LogP contribution in [0.25, 0.3) is 0 Å². The molecule has 0 spiro atoms. The molecule has 0 aliphatic heterocycles. The molecule has 0 heterocycles. The van der Waals surface area contributed by atoms with E-state index in [9.17, 15) is 4.79 Å². The molecule has 0 fully saturated rings. The first-order valence-electron chi connectivity index (χ1n) is 19.3. The lowest BCUT2D eigenvalue weighted by molar-refractivity contribution is -0.148. The lowest BCUT2D eigenvalue weighted by Crippen LogP contribution is -2.60. The predicted molar refractivity (Wildman–Crippen MR) is 252 cm³/mol. The van der Waals surface area contributed by atoms with Crippen molar-refractivity contribution in [2.24, 2.45) is 5.92 Å². The van der Waals surface area contributed by atoms with E-state index < -0.39 is 33.8 Å². The lowest BCUT2D eigenvalue weighted by Gasteiger charge is -2.43. The Morgan fingerprint density at radius 1 is 0.600 bits per heavy atom. The molecule has 0 N–H and O–H groups in total. The number of esters is 1. The molecule has 314 valence electrons. The third kappa shape index (κ3) is 18.8. The van der Waals surface area contributed by atoms with Crippen LogP contribution in [0.1, 0.15) is 111 Å². The van der Waals surface area contributed by atoms with Crippen LogP contribution >= 0.6 is 0 Å². The average molecular weight is 830 g/mol. The quantitative estimate of drug-likeness (QED) is 0.0574. The summed E-state index contributed by atoms with van der Waals surface area (Å²) >= 11 is 0. The third-order valence-electron chi connectivity index (χ3n) is 8.99. The molecule has 0 radical (unpaired) electrons. The van der Waals surface area contributed by atoms with Crippen LogP contribution in [0.4, 0.5) is 0 Å². The number of benzene rings is 3. The van der Waals surface area contributed by atoms with E-state index in [1.54, 1.807) is 0 Å². The van der Waals surface area contributed by atoms with Gasteiger partial charge in [-0.3, -0.25) is 4.79 Å². The van der Waals surface area contributed by atoms with Crippen LogP contribution in [0.2, 0.25) is 65.0 Å². The van der Waals surface area contributed by atoms with Crippen LogP contribution in [0.15, 0.2) is 91.0 Å². The Labute approximate surface area is 345 Å². The largest absolute Gasteiger partial charge is 0.469 e. The Kier molecular flexibility index (Phi) is 24.6. The minimum Gasteiger partial charge on any atom is -0.465 e. The van der Waals surface area contributed by atoms with Crippen molar-refractivity contribution < 1.29 is 21.9 Å². The van der Waals surface area contributed by atoms with E-state index in [2.05, 4.69) is 157 Å². The Hall–Kier alpha value is -2.12. The Morgan fingerprint density at radius 3 is 1.42 bits per heavy atom. The molecule has 9 heteroatoms. The molecule has 0 aliphatic rings. The molecule has 3 aromatic rings. The van der Waals surface area contributed by atoms with Gasteiger partial charge in [0.25, 0.3) is 0 Å². The van der Waals surface area contributed by atoms with Gasteiger partial charge >= 0.3 is 14.8 Å². The minimum absolute atomic E-state index is 0. The second-order valence-electron chi connectivity index (χ2n) is 17.3. The van der Waals surface area contributed by atoms with Crippen LogP contribution in [0.3, 0.4) is 0 Å². The number of rotatable bonds is 22. The molecule has 0 amide bonds. The number of carbonyl (C=O) groups is 1. The molecule has 5 nitrogen and oxygen atoms in total. The average Bonchev–Trinajstić information content (AvgIpc) is 3.04. The number of carbonyl (C=O) groups excluding carboxylic acids is 1. The van der Waals surface area contributed by atoms with Gasteiger partial charge in [0.15, 0.2) is 25.0 Å². The number of hydrogen-bond donors (Lipinski definition) is 0. The minimum atomic E-state index is -3.00.